The van der Waals surface area contributed by atoms with Gasteiger partial charge >= 0.3 is 0 Å². The van der Waals surface area contributed by atoms with Crippen LogP contribution in [0, 0.1) is 0 Å². The van der Waals surface area contributed by atoms with Gasteiger partial charge in [-0.2, -0.15) is 11.8 Å². The van der Waals surface area contributed by atoms with Crippen LogP contribution in [0.5, 0.6) is 0 Å². The third-order valence-electron chi connectivity index (χ3n) is 1.44. The van der Waals surface area contributed by atoms with E-state index in [1.165, 1.54) is 5.69 Å². The zero-order chi connectivity index (χ0) is 9.52. The Balaban J connectivity index is 2.31. The molecule has 0 amide bonds. The molecule has 74 valence electrons. The van der Waals surface area contributed by atoms with E-state index in [-0.39, 0.29) is 0 Å². The number of aromatic nitrogens is 1. The maximum atomic E-state index is 5.40. The van der Waals surface area contributed by atoms with Gasteiger partial charge in [0.1, 0.15) is 5.01 Å². The van der Waals surface area contributed by atoms with Gasteiger partial charge in [0.05, 0.1) is 5.69 Å². The Bertz CT molecular complexity index is 237. The van der Waals surface area contributed by atoms with Gasteiger partial charge in [-0.05, 0) is 7.05 Å². The Morgan fingerprint density at radius 1 is 1.69 bits per heavy atom. The minimum atomic E-state index is 0.748. The summed E-state index contributed by atoms with van der Waals surface area (Å²) in [5.74, 6) is 2.00. The highest BCUT2D eigenvalue weighted by atomic mass is 32.2. The summed E-state index contributed by atoms with van der Waals surface area (Å²) in [6, 6.07) is 0. The number of rotatable bonds is 6. The molecule has 0 fully saturated rings. The average molecular weight is 217 g/mol. The summed E-state index contributed by atoms with van der Waals surface area (Å²) in [5.41, 5.74) is 6.57. The highest BCUT2D eigenvalue weighted by Crippen LogP contribution is 2.15. The van der Waals surface area contributed by atoms with Crippen LogP contribution >= 0.6 is 23.1 Å². The van der Waals surface area contributed by atoms with Gasteiger partial charge in [0.2, 0.25) is 0 Å². The molecule has 0 unspecified atom stereocenters. The Hall–Kier alpha value is -0.100. The standard InChI is InChI=1S/C8H15N3S2/c1-10-4-8-11-7(6-13-8)5-12-3-2-9/h6,10H,2-5,9H2,1H3. The predicted molar refractivity (Wildman–Crippen MR) is 60.1 cm³/mol. The second kappa shape index (κ2) is 6.37. The molecule has 0 saturated carbocycles. The molecule has 0 spiro atoms. The van der Waals surface area contributed by atoms with Crippen molar-refractivity contribution in [2.75, 3.05) is 19.3 Å². The van der Waals surface area contributed by atoms with Crippen LogP contribution in [0.4, 0.5) is 0 Å². The van der Waals surface area contributed by atoms with Crippen molar-refractivity contribution in [3.63, 3.8) is 0 Å². The second-order valence-corrected chi connectivity index (χ2v) is 4.65. The maximum absolute atomic E-state index is 5.40. The summed E-state index contributed by atoms with van der Waals surface area (Å²) in [4.78, 5) is 4.47. The largest absolute Gasteiger partial charge is 0.330 e. The normalized spacial score (nSPS) is 10.6. The Kier molecular flexibility index (Phi) is 5.38. The topological polar surface area (TPSA) is 50.9 Å². The molecule has 0 aliphatic heterocycles. The molecule has 13 heavy (non-hydrogen) atoms. The fourth-order valence-corrected chi connectivity index (χ4v) is 2.49. The lowest BCUT2D eigenvalue weighted by molar-refractivity contribution is 0.807. The third-order valence-corrected chi connectivity index (χ3v) is 3.36. The molecule has 0 saturated heterocycles. The molecule has 1 heterocycles. The Labute approximate surface area is 87.1 Å². The van der Waals surface area contributed by atoms with Crippen molar-refractivity contribution in [1.82, 2.24) is 10.3 Å². The first kappa shape index (κ1) is 11.0. The minimum Gasteiger partial charge on any atom is -0.330 e. The summed E-state index contributed by atoms with van der Waals surface area (Å²) >= 11 is 3.55. The van der Waals surface area contributed by atoms with Crippen molar-refractivity contribution in [2.45, 2.75) is 12.3 Å². The van der Waals surface area contributed by atoms with Gasteiger partial charge in [0.15, 0.2) is 0 Å². The van der Waals surface area contributed by atoms with E-state index in [0.29, 0.717) is 0 Å². The van der Waals surface area contributed by atoms with Gasteiger partial charge in [-0.3, -0.25) is 0 Å². The molecule has 3 N–H and O–H groups in total. The fourth-order valence-electron chi connectivity index (χ4n) is 0.908. The average Bonchev–Trinajstić information content (AvgIpc) is 2.54. The van der Waals surface area contributed by atoms with E-state index in [2.05, 4.69) is 15.7 Å². The zero-order valence-electron chi connectivity index (χ0n) is 7.75. The monoisotopic (exact) mass is 217 g/mol. The molecule has 1 aromatic rings. The molecule has 0 radical (unpaired) electrons. The molecule has 0 atom stereocenters. The van der Waals surface area contributed by atoms with E-state index in [9.17, 15) is 0 Å². The van der Waals surface area contributed by atoms with Gasteiger partial charge < -0.3 is 11.1 Å². The van der Waals surface area contributed by atoms with E-state index in [0.717, 1.165) is 29.6 Å². The lowest BCUT2D eigenvalue weighted by Crippen LogP contribution is -2.04. The van der Waals surface area contributed by atoms with Crippen molar-refractivity contribution >= 4 is 23.1 Å². The molecule has 0 aliphatic carbocycles. The van der Waals surface area contributed by atoms with Crippen molar-refractivity contribution in [3.8, 4) is 0 Å². The van der Waals surface area contributed by atoms with Crippen LogP contribution < -0.4 is 11.1 Å². The molecule has 3 nitrogen and oxygen atoms in total. The number of thiazole rings is 1. The fraction of sp³-hybridized carbons (Fsp3) is 0.625. The first-order valence-corrected chi connectivity index (χ1v) is 6.26. The first-order valence-electron chi connectivity index (χ1n) is 4.22. The first-order chi connectivity index (χ1) is 6.36. The van der Waals surface area contributed by atoms with Crippen molar-refractivity contribution in [1.29, 1.82) is 0 Å². The third kappa shape index (κ3) is 4.08. The number of nitrogens with zero attached hydrogens (tertiary/aromatic N) is 1. The lowest BCUT2D eigenvalue weighted by atomic mass is 10.6. The highest BCUT2D eigenvalue weighted by Gasteiger charge is 2.00. The number of hydrogen-bond donors (Lipinski definition) is 2. The molecular formula is C8H15N3S2. The number of hydrogen-bond acceptors (Lipinski definition) is 5. The molecule has 1 rings (SSSR count). The van der Waals surface area contributed by atoms with Crippen molar-refractivity contribution < 1.29 is 0 Å². The van der Waals surface area contributed by atoms with Gasteiger partial charge in [0, 0.05) is 30.0 Å². The van der Waals surface area contributed by atoms with E-state index < -0.39 is 0 Å². The highest BCUT2D eigenvalue weighted by molar-refractivity contribution is 7.98. The van der Waals surface area contributed by atoms with E-state index in [1.807, 2.05) is 18.8 Å². The number of thioether (sulfide) groups is 1. The summed E-state index contributed by atoms with van der Waals surface area (Å²) in [5, 5.41) is 6.37. The summed E-state index contributed by atoms with van der Waals surface area (Å²) in [6.07, 6.45) is 0. The smallest absolute Gasteiger partial charge is 0.107 e. The Morgan fingerprint density at radius 3 is 3.23 bits per heavy atom. The molecule has 0 bridgehead atoms. The van der Waals surface area contributed by atoms with Gasteiger partial charge in [-0.15, -0.1) is 11.3 Å². The molecule has 0 aliphatic rings. The van der Waals surface area contributed by atoms with Crippen molar-refractivity contribution in [2.24, 2.45) is 5.73 Å². The SMILES string of the molecule is CNCc1nc(CSCCN)cs1. The van der Waals surface area contributed by atoms with Crippen LogP contribution in [-0.4, -0.2) is 24.3 Å². The van der Waals surface area contributed by atoms with Gasteiger partial charge in [-0.25, -0.2) is 4.98 Å². The molecule has 1 aromatic heterocycles. The molecule has 0 aromatic carbocycles. The van der Waals surface area contributed by atoms with Gasteiger partial charge in [-0.1, -0.05) is 0 Å². The summed E-state index contributed by atoms with van der Waals surface area (Å²) in [6.45, 7) is 1.62. The molecule has 5 heteroatoms. The quantitative estimate of drug-likeness (QED) is 0.700. The van der Waals surface area contributed by atoms with Crippen LogP contribution in [0.1, 0.15) is 10.7 Å². The Morgan fingerprint density at radius 2 is 2.54 bits per heavy atom. The van der Waals surface area contributed by atoms with Crippen molar-refractivity contribution in [3.05, 3.63) is 16.1 Å². The van der Waals surface area contributed by atoms with Crippen LogP contribution in [0.25, 0.3) is 0 Å². The van der Waals surface area contributed by atoms with Crippen LogP contribution in [-0.2, 0) is 12.3 Å². The van der Waals surface area contributed by atoms with E-state index >= 15 is 0 Å². The van der Waals surface area contributed by atoms with E-state index in [4.69, 9.17) is 5.73 Å². The number of nitrogens with two attached hydrogens (primary N) is 1. The second-order valence-electron chi connectivity index (χ2n) is 2.60. The minimum absolute atomic E-state index is 0.748. The van der Waals surface area contributed by atoms with Crippen LogP contribution in [0.2, 0.25) is 0 Å². The number of nitrogens with one attached hydrogen (secondary N) is 1. The van der Waals surface area contributed by atoms with Crippen LogP contribution in [0.3, 0.4) is 0 Å². The summed E-state index contributed by atoms with van der Waals surface area (Å²) < 4.78 is 0. The lowest BCUT2D eigenvalue weighted by Gasteiger charge is -1.95. The van der Waals surface area contributed by atoms with Gasteiger partial charge in [0.25, 0.3) is 0 Å². The summed E-state index contributed by atoms with van der Waals surface area (Å²) in [7, 11) is 1.93. The van der Waals surface area contributed by atoms with E-state index in [1.54, 1.807) is 11.3 Å². The molecular weight excluding hydrogens is 202 g/mol. The predicted octanol–water partition coefficient (Wildman–Crippen LogP) is 1.05. The van der Waals surface area contributed by atoms with Crippen LogP contribution in [0.15, 0.2) is 5.38 Å². The maximum Gasteiger partial charge on any atom is 0.107 e. The zero-order valence-corrected chi connectivity index (χ0v) is 9.38.